The van der Waals surface area contributed by atoms with Crippen LogP contribution in [-0.2, 0) is 4.79 Å². The van der Waals surface area contributed by atoms with Crippen LogP contribution in [0.25, 0.3) is 0 Å². The topological polar surface area (TPSA) is 41.1 Å². The first kappa shape index (κ1) is 12.0. The van der Waals surface area contributed by atoms with Crippen LogP contribution in [0.5, 0.6) is 0 Å². The Labute approximate surface area is 100 Å². The van der Waals surface area contributed by atoms with Gasteiger partial charge in [-0.1, -0.05) is 6.92 Å². The summed E-state index contributed by atoms with van der Waals surface area (Å²) < 4.78 is 12.7. The van der Waals surface area contributed by atoms with Gasteiger partial charge < -0.3 is 10.6 Å². The second kappa shape index (κ2) is 4.84. The average Bonchev–Trinajstić information content (AvgIpc) is 2.82. The maximum absolute atomic E-state index is 12.7. The summed E-state index contributed by atoms with van der Waals surface area (Å²) in [6.07, 6.45) is 2.64. The van der Waals surface area contributed by atoms with Crippen molar-refractivity contribution in [2.24, 2.45) is 0 Å². The predicted molar refractivity (Wildman–Crippen MR) is 65.3 cm³/mol. The molecule has 3 nitrogen and oxygen atoms in total. The third-order valence-corrected chi connectivity index (χ3v) is 3.38. The third-order valence-electron chi connectivity index (χ3n) is 3.38. The molecule has 4 heteroatoms. The van der Waals surface area contributed by atoms with Crippen molar-refractivity contribution in [1.29, 1.82) is 0 Å². The minimum atomic E-state index is -0.450. The first-order valence-electron chi connectivity index (χ1n) is 5.98. The molecule has 1 unspecified atom stereocenters. The van der Waals surface area contributed by atoms with Crippen LogP contribution >= 0.6 is 0 Å². The summed E-state index contributed by atoms with van der Waals surface area (Å²) >= 11 is 0. The normalized spacial score (nSPS) is 23.6. The van der Waals surface area contributed by atoms with Crippen LogP contribution in [0, 0.1) is 5.82 Å². The molecule has 0 radical (unpaired) electrons. The quantitative estimate of drug-likeness (QED) is 0.845. The van der Waals surface area contributed by atoms with Gasteiger partial charge in [-0.05, 0) is 50.1 Å². The van der Waals surface area contributed by atoms with Crippen LogP contribution in [0.15, 0.2) is 24.3 Å². The molecule has 0 saturated carbocycles. The third kappa shape index (κ3) is 2.47. The van der Waals surface area contributed by atoms with Gasteiger partial charge in [-0.15, -0.1) is 0 Å². The fraction of sp³-hybridized carbons (Fsp3) is 0.462. The monoisotopic (exact) mass is 236 g/mol. The van der Waals surface area contributed by atoms with E-state index in [-0.39, 0.29) is 11.7 Å². The first-order valence-corrected chi connectivity index (χ1v) is 5.98. The van der Waals surface area contributed by atoms with Crippen molar-refractivity contribution in [1.82, 2.24) is 5.32 Å². The zero-order valence-corrected chi connectivity index (χ0v) is 9.92. The SMILES string of the molecule is CCC1(C(=O)Nc2ccc(F)cc2)CCCN1. The van der Waals surface area contributed by atoms with E-state index in [0.717, 1.165) is 25.8 Å². The molecule has 92 valence electrons. The fourth-order valence-electron chi connectivity index (χ4n) is 2.25. The summed E-state index contributed by atoms with van der Waals surface area (Å²) in [5.74, 6) is -0.323. The van der Waals surface area contributed by atoms with Crippen molar-refractivity contribution in [3.8, 4) is 0 Å². The van der Waals surface area contributed by atoms with Crippen LogP contribution in [0.3, 0.4) is 0 Å². The predicted octanol–water partition coefficient (Wildman–Crippen LogP) is 2.30. The first-order chi connectivity index (χ1) is 8.16. The van der Waals surface area contributed by atoms with Gasteiger partial charge in [0, 0.05) is 5.69 Å². The summed E-state index contributed by atoms with van der Waals surface area (Å²) in [4.78, 5) is 12.2. The number of anilines is 1. The Hall–Kier alpha value is -1.42. The van der Waals surface area contributed by atoms with Gasteiger partial charge >= 0.3 is 0 Å². The largest absolute Gasteiger partial charge is 0.324 e. The van der Waals surface area contributed by atoms with E-state index in [0.29, 0.717) is 5.69 Å². The summed E-state index contributed by atoms with van der Waals surface area (Å²) in [6, 6.07) is 5.84. The van der Waals surface area contributed by atoms with E-state index in [2.05, 4.69) is 10.6 Å². The van der Waals surface area contributed by atoms with Crippen LogP contribution < -0.4 is 10.6 Å². The van der Waals surface area contributed by atoms with E-state index in [1.165, 1.54) is 12.1 Å². The molecule has 17 heavy (non-hydrogen) atoms. The Morgan fingerprint density at radius 3 is 2.71 bits per heavy atom. The second-order valence-corrected chi connectivity index (χ2v) is 4.43. The van der Waals surface area contributed by atoms with Crippen LogP contribution in [0.1, 0.15) is 26.2 Å². The van der Waals surface area contributed by atoms with E-state index in [9.17, 15) is 9.18 Å². The van der Waals surface area contributed by atoms with Gasteiger partial charge in [0.25, 0.3) is 0 Å². The number of carbonyl (C=O) groups excluding carboxylic acids is 1. The van der Waals surface area contributed by atoms with Gasteiger partial charge in [-0.2, -0.15) is 0 Å². The fourth-order valence-corrected chi connectivity index (χ4v) is 2.25. The Bertz CT molecular complexity index is 396. The Kier molecular flexibility index (Phi) is 3.43. The van der Waals surface area contributed by atoms with Gasteiger partial charge in [-0.3, -0.25) is 4.79 Å². The number of rotatable bonds is 3. The Morgan fingerprint density at radius 2 is 2.18 bits per heavy atom. The molecule has 1 atom stereocenters. The standard InChI is InChI=1S/C13H17FN2O/c1-2-13(8-3-9-15-13)12(17)16-11-6-4-10(14)5-7-11/h4-7,15H,2-3,8-9H2,1H3,(H,16,17). The molecule has 1 fully saturated rings. The van der Waals surface area contributed by atoms with Gasteiger partial charge in [-0.25, -0.2) is 4.39 Å². The molecule has 0 spiro atoms. The number of amides is 1. The lowest BCUT2D eigenvalue weighted by Gasteiger charge is -2.26. The molecule has 1 aliphatic heterocycles. The number of hydrogen-bond acceptors (Lipinski definition) is 2. The molecule has 2 N–H and O–H groups in total. The zero-order chi connectivity index (χ0) is 12.3. The molecule has 1 aliphatic rings. The van der Waals surface area contributed by atoms with E-state index >= 15 is 0 Å². The molecular formula is C13H17FN2O. The van der Waals surface area contributed by atoms with Gasteiger partial charge in [0.2, 0.25) is 5.91 Å². The number of carbonyl (C=O) groups is 1. The highest BCUT2D eigenvalue weighted by Gasteiger charge is 2.38. The lowest BCUT2D eigenvalue weighted by molar-refractivity contribution is -0.122. The summed E-state index contributed by atoms with van der Waals surface area (Å²) in [6.45, 7) is 2.88. The van der Waals surface area contributed by atoms with Crippen LogP contribution in [0.2, 0.25) is 0 Å². The molecule has 1 aromatic rings. The Balaban J connectivity index is 2.08. The molecule has 1 amide bonds. The molecule has 2 rings (SSSR count). The zero-order valence-electron chi connectivity index (χ0n) is 9.92. The van der Waals surface area contributed by atoms with Crippen molar-refractivity contribution in [2.45, 2.75) is 31.7 Å². The molecule has 0 aromatic heterocycles. The van der Waals surface area contributed by atoms with E-state index in [1.807, 2.05) is 6.92 Å². The van der Waals surface area contributed by atoms with E-state index in [1.54, 1.807) is 12.1 Å². The van der Waals surface area contributed by atoms with Gasteiger partial charge in [0.1, 0.15) is 5.82 Å². The highest BCUT2D eigenvalue weighted by atomic mass is 19.1. The van der Waals surface area contributed by atoms with Crippen LogP contribution in [-0.4, -0.2) is 18.0 Å². The molecule has 1 saturated heterocycles. The number of halogens is 1. The van der Waals surface area contributed by atoms with E-state index < -0.39 is 5.54 Å². The summed E-state index contributed by atoms with van der Waals surface area (Å²) in [7, 11) is 0. The van der Waals surface area contributed by atoms with E-state index in [4.69, 9.17) is 0 Å². The maximum atomic E-state index is 12.7. The molecule has 1 aromatic carbocycles. The van der Waals surface area contributed by atoms with Gasteiger partial charge in [0.15, 0.2) is 0 Å². The second-order valence-electron chi connectivity index (χ2n) is 4.43. The average molecular weight is 236 g/mol. The Morgan fingerprint density at radius 1 is 1.47 bits per heavy atom. The highest BCUT2D eigenvalue weighted by Crippen LogP contribution is 2.24. The maximum Gasteiger partial charge on any atom is 0.244 e. The number of hydrogen-bond donors (Lipinski definition) is 2. The molecule has 0 bridgehead atoms. The number of nitrogens with one attached hydrogen (secondary N) is 2. The van der Waals surface area contributed by atoms with Crippen molar-refractivity contribution in [3.63, 3.8) is 0 Å². The van der Waals surface area contributed by atoms with Crippen molar-refractivity contribution in [2.75, 3.05) is 11.9 Å². The molecule has 0 aliphatic carbocycles. The van der Waals surface area contributed by atoms with Crippen LogP contribution in [0.4, 0.5) is 10.1 Å². The molecular weight excluding hydrogens is 219 g/mol. The minimum absolute atomic E-state index is 0.0240. The summed E-state index contributed by atoms with van der Waals surface area (Å²) in [5.41, 5.74) is 0.187. The smallest absolute Gasteiger partial charge is 0.244 e. The molecule has 1 heterocycles. The van der Waals surface area contributed by atoms with Crippen molar-refractivity contribution < 1.29 is 9.18 Å². The lowest BCUT2D eigenvalue weighted by atomic mass is 9.93. The lowest BCUT2D eigenvalue weighted by Crippen LogP contribution is -2.50. The highest BCUT2D eigenvalue weighted by molar-refractivity contribution is 5.98. The number of benzene rings is 1. The van der Waals surface area contributed by atoms with Gasteiger partial charge in [0.05, 0.1) is 5.54 Å². The summed E-state index contributed by atoms with van der Waals surface area (Å²) in [5, 5.41) is 6.10. The van der Waals surface area contributed by atoms with Crippen molar-refractivity contribution >= 4 is 11.6 Å². The minimum Gasteiger partial charge on any atom is -0.324 e. The van der Waals surface area contributed by atoms with Crippen molar-refractivity contribution in [3.05, 3.63) is 30.1 Å².